The molecule has 0 spiro atoms. The van der Waals surface area contributed by atoms with Crippen molar-refractivity contribution in [2.45, 2.75) is 38.0 Å². The number of carbonyl (C=O) groups is 1. The quantitative estimate of drug-likeness (QED) is 0.800. The Morgan fingerprint density at radius 3 is 2.41 bits per heavy atom. The Morgan fingerprint density at radius 2 is 1.81 bits per heavy atom. The average molecular weight is 391 g/mol. The molecule has 2 aromatic rings. The van der Waals surface area contributed by atoms with Gasteiger partial charge in [-0.25, -0.2) is 8.42 Å². The molecule has 2 heterocycles. The second kappa shape index (κ2) is 7.82. The van der Waals surface area contributed by atoms with Crippen molar-refractivity contribution in [2.75, 3.05) is 26.2 Å². The van der Waals surface area contributed by atoms with E-state index in [4.69, 9.17) is 4.52 Å². The summed E-state index contributed by atoms with van der Waals surface area (Å²) in [5, 5.41) is 3.76. The summed E-state index contributed by atoms with van der Waals surface area (Å²) in [6.45, 7) is 7.33. The highest BCUT2D eigenvalue weighted by Gasteiger charge is 2.29. The second-order valence-electron chi connectivity index (χ2n) is 7.10. The molecule has 1 aliphatic rings. The number of hydrogen-bond donors (Lipinski definition) is 0. The maximum absolute atomic E-state index is 13.0. The molecule has 0 aliphatic carbocycles. The van der Waals surface area contributed by atoms with Gasteiger partial charge in [0.1, 0.15) is 5.76 Å². The Morgan fingerprint density at radius 1 is 1.11 bits per heavy atom. The third-order valence-corrected chi connectivity index (χ3v) is 6.69. The highest BCUT2D eigenvalue weighted by molar-refractivity contribution is 7.89. The molecule has 1 aromatic heterocycles. The van der Waals surface area contributed by atoms with Gasteiger partial charge in [0.25, 0.3) is 5.91 Å². The number of benzene rings is 1. The molecule has 1 amide bonds. The van der Waals surface area contributed by atoms with Gasteiger partial charge in [0, 0.05) is 32.2 Å². The van der Waals surface area contributed by atoms with Crippen LogP contribution in [-0.2, 0) is 10.0 Å². The van der Waals surface area contributed by atoms with Crippen LogP contribution in [0.2, 0.25) is 0 Å². The first-order valence-electron chi connectivity index (χ1n) is 9.12. The summed E-state index contributed by atoms with van der Waals surface area (Å²) < 4.78 is 32.4. The maximum Gasteiger partial charge on any atom is 0.276 e. The van der Waals surface area contributed by atoms with Crippen molar-refractivity contribution in [2.24, 2.45) is 0 Å². The first kappa shape index (κ1) is 19.6. The zero-order chi connectivity index (χ0) is 19.6. The van der Waals surface area contributed by atoms with Crippen molar-refractivity contribution in [3.63, 3.8) is 0 Å². The van der Waals surface area contributed by atoms with E-state index in [2.05, 4.69) is 19.0 Å². The number of aromatic nitrogens is 1. The summed E-state index contributed by atoms with van der Waals surface area (Å²) in [7, 11) is -3.58. The van der Waals surface area contributed by atoms with E-state index in [1.54, 1.807) is 30.0 Å². The molecule has 7 nitrogen and oxygen atoms in total. The largest absolute Gasteiger partial charge is 0.361 e. The Hall–Kier alpha value is -2.19. The van der Waals surface area contributed by atoms with Crippen LogP contribution in [0.15, 0.2) is 39.8 Å². The Balaban J connectivity index is 1.72. The van der Waals surface area contributed by atoms with Crippen molar-refractivity contribution < 1.29 is 17.7 Å². The average Bonchev–Trinajstić information content (AvgIpc) is 2.92. The summed E-state index contributed by atoms with van der Waals surface area (Å²) in [4.78, 5) is 14.5. The van der Waals surface area contributed by atoms with E-state index in [1.807, 2.05) is 12.1 Å². The van der Waals surface area contributed by atoms with Gasteiger partial charge in [0.15, 0.2) is 5.69 Å². The molecular weight excluding hydrogens is 366 g/mol. The molecule has 0 unspecified atom stereocenters. The lowest BCUT2D eigenvalue weighted by Crippen LogP contribution is -2.37. The van der Waals surface area contributed by atoms with Gasteiger partial charge < -0.3 is 9.42 Å². The predicted octanol–water partition coefficient (Wildman–Crippen LogP) is 2.64. The number of hydrogen-bond acceptors (Lipinski definition) is 5. The van der Waals surface area contributed by atoms with Crippen LogP contribution in [0.25, 0.3) is 0 Å². The van der Waals surface area contributed by atoms with E-state index in [1.165, 1.54) is 4.31 Å². The third kappa shape index (κ3) is 4.22. The first-order chi connectivity index (χ1) is 12.8. The Kier molecular flexibility index (Phi) is 5.67. The highest BCUT2D eigenvalue weighted by Crippen LogP contribution is 2.21. The van der Waals surface area contributed by atoms with Crippen molar-refractivity contribution in [1.29, 1.82) is 0 Å². The second-order valence-corrected chi connectivity index (χ2v) is 9.03. The minimum atomic E-state index is -3.58. The standard InChI is InChI=1S/C19H25N3O4S/c1-14(2)16-5-7-17(8-6-16)27(24,25)22-10-4-9-21(11-12-22)19(23)18-13-15(3)26-20-18/h5-8,13-14H,4,9-12H2,1-3H3. The fraction of sp³-hybridized carbons (Fsp3) is 0.474. The lowest BCUT2D eigenvalue weighted by atomic mass is 10.0. The number of sulfonamides is 1. The molecule has 0 saturated carbocycles. The van der Waals surface area contributed by atoms with Crippen LogP contribution in [0, 0.1) is 6.92 Å². The molecule has 1 fully saturated rings. The van der Waals surface area contributed by atoms with Gasteiger partial charge in [-0.15, -0.1) is 0 Å². The number of aryl methyl sites for hydroxylation is 1. The van der Waals surface area contributed by atoms with Crippen LogP contribution in [0.3, 0.4) is 0 Å². The summed E-state index contributed by atoms with van der Waals surface area (Å²) in [6, 6.07) is 8.64. The smallest absolute Gasteiger partial charge is 0.276 e. The van der Waals surface area contributed by atoms with Crippen LogP contribution < -0.4 is 0 Å². The molecule has 3 rings (SSSR count). The number of carbonyl (C=O) groups excluding carboxylic acids is 1. The van der Waals surface area contributed by atoms with Gasteiger partial charge in [-0.05, 0) is 37.0 Å². The maximum atomic E-state index is 13.0. The molecule has 27 heavy (non-hydrogen) atoms. The van der Waals surface area contributed by atoms with Gasteiger partial charge in [0.05, 0.1) is 4.90 Å². The van der Waals surface area contributed by atoms with Crippen LogP contribution in [-0.4, -0.2) is 54.9 Å². The topological polar surface area (TPSA) is 83.7 Å². The summed E-state index contributed by atoms with van der Waals surface area (Å²) in [5.41, 5.74) is 1.36. The van der Waals surface area contributed by atoms with E-state index < -0.39 is 10.0 Å². The van der Waals surface area contributed by atoms with Crippen LogP contribution >= 0.6 is 0 Å². The number of amides is 1. The molecule has 1 saturated heterocycles. The Labute approximate surface area is 160 Å². The van der Waals surface area contributed by atoms with Crippen molar-refractivity contribution in [1.82, 2.24) is 14.4 Å². The molecule has 1 aliphatic heterocycles. The van der Waals surface area contributed by atoms with E-state index >= 15 is 0 Å². The van der Waals surface area contributed by atoms with E-state index in [-0.39, 0.29) is 18.1 Å². The summed E-state index contributed by atoms with van der Waals surface area (Å²) in [5.74, 6) is 0.689. The van der Waals surface area contributed by atoms with Gasteiger partial charge >= 0.3 is 0 Å². The lowest BCUT2D eigenvalue weighted by Gasteiger charge is -2.21. The normalized spacial score (nSPS) is 16.5. The number of rotatable bonds is 4. The molecule has 0 radical (unpaired) electrons. The fourth-order valence-corrected chi connectivity index (χ4v) is 4.61. The fourth-order valence-electron chi connectivity index (χ4n) is 3.14. The molecule has 8 heteroatoms. The molecular formula is C19H25N3O4S. The van der Waals surface area contributed by atoms with Crippen molar-refractivity contribution in [3.8, 4) is 0 Å². The van der Waals surface area contributed by atoms with Crippen LogP contribution in [0.1, 0.15) is 48.0 Å². The zero-order valence-corrected chi connectivity index (χ0v) is 16.7. The lowest BCUT2D eigenvalue weighted by molar-refractivity contribution is 0.0754. The monoisotopic (exact) mass is 391 g/mol. The first-order valence-corrected chi connectivity index (χ1v) is 10.6. The van der Waals surface area contributed by atoms with Crippen LogP contribution in [0.4, 0.5) is 0 Å². The minimum Gasteiger partial charge on any atom is -0.361 e. The third-order valence-electron chi connectivity index (χ3n) is 4.77. The van der Waals surface area contributed by atoms with Gasteiger partial charge in [0.2, 0.25) is 10.0 Å². The van der Waals surface area contributed by atoms with Gasteiger partial charge in [-0.3, -0.25) is 4.79 Å². The molecule has 146 valence electrons. The van der Waals surface area contributed by atoms with E-state index in [0.717, 1.165) is 5.56 Å². The zero-order valence-electron chi connectivity index (χ0n) is 15.9. The summed E-state index contributed by atoms with van der Waals surface area (Å²) in [6.07, 6.45) is 0.575. The molecule has 0 atom stereocenters. The molecule has 1 aromatic carbocycles. The van der Waals surface area contributed by atoms with Gasteiger partial charge in [-0.1, -0.05) is 31.1 Å². The van der Waals surface area contributed by atoms with Crippen molar-refractivity contribution >= 4 is 15.9 Å². The Bertz CT molecular complexity index is 903. The molecule has 0 bridgehead atoms. The minimum absolute atomic E-state index is 0.229. The SMILES string of the molecule is Cc1cc(C(=O)N2CCCN(S(=O)(=O)c3ccc(C(C)C)cc3)CC2)no1. The van der Waals surface area contributed by atoms with E-state index in [0.29, 0.717) is 42.6 Å². The highest BCUT2D eigenvalue weighted by atomic mass is 32.2. The predicted molar refractivity (Wildman–Crippen MR) is 101 cm³/mol. The van der Waals surface area contributed by atoms with Gasteiger partial charge in [-0.2, -0.15) is 4.31 Å². The van der Waals surface area contributed by atoms with Crippen molar-refractivity contribution in [3.05, 3.63) is 47.3 Å². The molecule has 0 N–H and O–H groups in total. The van der Waals surface area contributed by atoms with E-state index in [9.17, 15) is 13.2 Å². The number of nitrogens with zero attached hydrogens (tertiary/aromatic N) is 3. The summed E-state index contributed by atoms with van der Waals surface area (Å²) >= 11 is 0. The van der Waals surface area contributed by atoms with Crippen LogP contribution in [0.5, 0.6) is 0 Å².